The number of amides is 4. The maximum absolute atomic E-state index is 11.4. The Labute approximate surface area is 106 Å². The summed E-state index contributed by atoms with van der Waals surface area (Å²) in [6.07, 6.45) is 0. The molecule has 4 N–H and O–H groups in total. The quantitative estimate of drug-likeness (QED) is 0.720. The fourth-order valence-electron chi connectivity index (χ4n) is 1.12. The summed E-state index contributed by atoms with van der Waals surface area (Å²) in [4.78, 5) is 33.0. The number of hydrogen-bond donors (Lipinski definition) is 3. The molecule has 0 radical (unpaired) electrons. The molecule has 4 amide bonds. The van der Waals surface area contributed by atoms with Crippen LogP contribution in [0.5, 0.6) is 0 Å². The molecule has 0 atom stereocenters. The van der Waals surface area contributed by atoms with Crippen LogP contribution in [0.1, 0.15) is 10.4 Å². The molecule has 0 aliphatic rings. The van der Waals surface area contributed by atoms with Crippen LogP contribution in [0, 0.1) is 0 Å². The molecule has 0 unspecified atom stereocenters. The molecule has 7 heteroatoms. The molecule has 0 aromatic heterocycles. The Balaban J connectivity index is 2.82. The van der Waals surface area contributed by atoms with E-state index in [0.717, 1.165) is 0 Å². The predicted molar refractivity (Wildman–Crippen MR) is 65.9 cm³/mol. The van der Waals surface area contributed by atoms with Crippen molar-refractivity contribution in [3.63, 3.8) is 0 Å². The number of primary amides is 1. The lowest BCUT2D eigenvalue weighted by Crippen LogP contribution is -2.34. The number of nitrogens with two attached hydrogens (primary N) is 1. The zero-order chi connectivity index (χ0) is 12.8. The van der Waals surface area contributed by atoms with Crippen molar-refractivity contribution in [2.45, 2.75) is 0 Å². The number of alkyl halides is 1. The van der Waals surface area contributed by atoms with Gasteiger partial charge in [0.25, 0.3) is 5.91 Å². The normalized spacial score (nSPS) is 9.47. The third kappa shape index (κ3) is 4.23. The first-order valence-electron chi connectivity index (χ1n) is 4.59. The number of urea groups is 1. The maximum atomic E-state index is 11.4. The molecule has 1 rings (SSSR count). The Morgan fingerprint density at radius 3 is 2.59 bits per heavy atom. The number of nitrogens with one attached hydrogen (secondary N) is 2. The standard InChI is InChI=1S/C10H10BrN3O3/c11-5-8(15)13-7-3-1-2-6(4-7)9(16)14-10(12)17/h1-4H,5H2,(H,13,15)(H3,12,14,16,17). The van der Waals surface area contributed by atoms with Gasteiger partial charge in [-0.25, -0.2) is 4.79 Å². The number of hydrogen-bond acceptors (Lipinski definition) is 3. The number of halogens is 1. The minimum Gasteiger partial charge on any atom is -0.351 e. The van der Waals surface area contributed by atoms with E-state index in [-0.39, 0.29) is 16.8 Å². The SMILES string of the molecule is NC(=O)NC(=O)c1cccc(NC(=O)CBr)c1. The Morgan fingerprint density at radius 1 is 1.29 bits per heavy atom. The van der Waals surface area contributed by atoms with Gasteiger partial charge in [-0.1, -0.05) is 22.0 Å². The van der Waals surface area contributed by atoms with Crippen molar-refractivity contribution in [1.82, 2.24) is 5.32 Å². The first-order valence-corrected chi connectivity index (χ1v) is 5.71. The fraction of sp³-hybridized carbons (Fsp3) is 0.100. The molecule has 90 valence electrons. The molecule has 0 saturated heterocycles. The lowest BCUT2D eigenvalue weighted by Gasteiger charge is -2.05. The first kappa shape index (κ1) is 13.2. The zero-order valence-corrected chi connectivity index (χ0v) is 10.3. The van der Waals surface area contributed by atoms with Crippen LogP contribution in [-0.2, 0) is 4.79 Å². The fourth-order valence-corrected chi connectivity index (χ4v) is 1.26. The largest absolute Gasteiger partial charge is 0.351 e. The van der Waals surface area contributed by atoms with Crippen LogP contribution in [0.4, 0.5) is 10.5 Å². The second kappa shape index (κ2) is 6.00. The average Bonchev–Trinajstić information content (AvgIpc) is 2.28. The van der Waals surface area contributed by atoms with Crippen LogP contribution in [0.15, 0.2) is 24.3 Å². The Bertz CT molecular complexity index is 462. The number of imide groups is 1. The molecule has 0 fully saturated rings. The highest BCUT2D eigenvalue weighted by Crippen LogP contribution is 2.10. The van der Waals surface area contributed by atoms with Gasteiger partial charge in [0.15, 0.2) is 0 Å². The van der Waals surface area contributed by atoms with E-state index in [4.69, 9.17) is 5.73 Å². The highest BCUT2D eigenvalue weighted by molar-refractivity contribution is 9.09. The van der Waals surface area contributed by atoms with E-state index in [1.165, 1.54) is 12.1 Å². The molecular formula is C10H10BrN3O3. The van der Waals surface area contributed by atoms with Gasteiger partial charge in [-0.15, -0.1) is 0 Å². The molecule has 0 heterocycles. The van der Waals surface area contributed by atoms with E-state index in [1.807, 2.05) is 5.32 Å². The first-order chi connectivity index (χ1) is 8.02. The molecule has 0 saturated carbocycles. The molecule has 17 heavy (non-hydrogen) atoms. The number of carbonyl (C=O) groups is 3. The summed E-state index contributed by atoms with van der Waals surface area (Å²) in [5, 5.41) is 4.65. The lowest BCUT2D eigenvalue weighted by atomic mass is 10.2. The van der Waals surface area contributed by atoms with Gasteiger partial charge in [-0.3, -0.25) is 14.9 Å². The second-order valence-corrected chi connectivity index (χ2v) is 3.64. The van der Waals surface area contributed by atoms with Crippen LogP contribution >= 0.6 is 15.9 Å². The topological polar surface area (TPSA) is 101 Å². The van der Waals surface area contributed by atoms with E-state index in [9.17, 15) is 14.4 Å². The van der Waals surface area contributed by atoms with E-state index in [1.54, 1.807) is 12.1 Å². The number of anilines is 1. The van der Waals surface area contributed by atoms with Crippen molar-refractivity contribution >= 4 is 39.5 Å². The second-order valence-electron chi connectivity index (χ2n) is 3.08. The van der Waals surface area contributed by atoms with Crippen LogP contribution in [0.3, 0.4) is 0 Å². The summed E-state index contributed by atoms with van der Waals surface area (Å²) < 4.78 is 0. The summed E-state index contributed by atoms with van der Waals surface area (Å²) in [5.74, 6) is -0.857. The van der Waals surface area contributed by atoms with Crippen molar-refractivity contribution in [1.29, 1.82) is 0 Å². The van der Waals surface area contributed by atoms with Crippen molar-refractivity contribution in [3.05, 3.63) is 29.8 Å². The maximum Gasteiger partial charge on any atom is 0.319 e. The Hall–Kier alpha value is -1.89. The Morgan fingerprint density at radius 2 is 2.00 bits per heavy atom. The number of benzene rings is 1. The van der Waals surface area contributed by atoms with Crippen molar-refractivity contribution in [2.75, 3.05) is 10.6 Å². The van der Waals surface area contributed by atoms with Crippen molar-refractivity contribution < 1.29 is 14.4 Å². The molecule has 0 bridgehead atoms. The summed E-state index contributed by atoms with van der Waals surface area (Å²) >= 11 is 3.00. The molecule has 6 nitrogen and oxygen atoms in total. The molecule has 0 aliphatic heterocycles. The minimum absolute atomic E-state index is 0.157. The smallest absolute Gasteiger partial charge is 0.319 e. The van der Waals surface area contributed by atoms with Gasteiger partial charge in [0.2, 0.25) is 5.91 Å². The number of rotatable bonds is 3. The van der Waals surface area contributed by atoms with Crippen LogP contribution < -0.4 is 16.4 Å². The lowest BCUT2D eigenvalue weighted by molar-refractivity contribution is -0.113. The third-order valence-corrected chi connectivity index (χ3v) is 2.28. The molecule has 1 aromatic carbocycles. The third-order valence-electron chi connectivity index (χ3n) is 1.77. The minimum atomic E-state index is -0.926. The Kier molecular flexibility index (Phi) is 4.65. The molecule has 0 spiro atoms. The van der Waals surface area contributed by atoms with E-state index in [2.05, 4.69) is 21.2 Å². The van der Waals surface area contributed by atoms with Crippen LogP contribution in [-0.4, -0.2) is 23.2 Å². The number of carbonyl (C=O) groups excluding carboxylic acids is 3. The van der Waals surface area contributed by atoms with E-state index < -0.39 is 11.9 Å². The molecular weight excluding hydrogens is 290 g/mol. The van der Waals surface area contributed by atoms with Crippen LogP contribution in [0.25, 0.3) is 0 Å². The van der Waals surface area contributed by atoms with E-state index >= 15 is 0 Å². The summed E-state index contributed by atoms with van der Waals surface area (Å²) in [5.41, 5.74) is 5.52. The van der Waals surface area contributed by atoms with Gasteiger partial charge < -0.3 is 11.1 Å². The van der Waals surface area contributed by atoms with Gasteiger partial charge in [0.05, 0.1) is 5.33 Å². The predicted octanol–water partition coefficient (Wildman–Crippen LogP) is 0.828. The monoisotopic (exact) mass is 299 g/mol. The van der Waals surface area contributed by atoms with Gasteiger partial charge in [0.1, 0.15) is 0 Å². The van der Waals surface area contributed by atoms with Crippen molar-refractivity contribution in [3.8, 4) is 0 Å². The molecule has 0 aliphatic carbocycles. The van der Waals surface area contributed by atoms with Gasteiger partial charge >= 0.3 is 6.03 Å². The van der Waals surface area contributed by atoms with Crippen molar-refractivity contribution in [2.24, 2.45) is 5.73 Å². The summed E-state index contributed by atoms with van der Waals surface area (Å²) in [6.45, 7) is 0. The molecule has 1 aromatic rings. The summed E-state index contributed by atoms with van der Waals surface area (Å²) in [6, 6.07) is 5.23. The van der Waals surface area contributed by atoms with Crippen LogP contribution in [0.2, 0.25) is 0 Å². The highest BCUT2D eigenvalue weighted by Gasteiger charge is 2.08. The van der Waals surface area contributed by atoms with E-state index in [0.29, 0.717) is 5.69 Å². The van der Waals surface area contributed by atoms with Gasteiger partial charge in [-0.05, 0) is 18.2 Å². The zero-order valence-electron chi connectivity index (χ0n) is 8.70. The van der Waals surface area contributed by atoms with Gasteiger partial charge in [-0.2, -0.15) is 0 Å². The summed E-state index contributed by atoms with van der Waals surface area (Å²) in [7, 11) is 0. The van der Waals surface area contributed by atoms with Gasteiger partial charge in [0, 0.05) is 11.3 Å². The highest BCUT2D eigenvalue weighted by atomic mass is 79.9. The average molecular weight is 300 g/mol.